The highest BCUT2D eigenvalue weighted by Gasteiger charge is 2.34. The molecule has 172 valence electrons. The Labute approximate surface area is 209 Å². The van der Waals surface area contributed by atoms with Crippen molar-refractivity contribution in [2.75, 3.05) is 0 Å². The maximum Gasteiger partial charge on any atom is 0.335 e. The highest BCUT2D eigenvalue weighted by Crippen LogP contribution is 2.33. The van der Waals surface area contributed by atoms with Crippen LogP contribution in [0.3, 0.4) is 0 Å². The normalized spacial score (nSPS) is 14.7. The Hall–Kier alpha value is -3.40. The number of carboxylic acid groups (broad SMARTS) is 1. The van der Waals surface area contributed by atoms with E-state index in [0.29, 0.717) is 11.5 Å². The van der Waals surface area contributed by atoms with Crippen molar-refractivity contribution in [2.24, 2.45) is 0 Å². The van der Waals surface area contributed by atoms with Gasteiger partial charge >= 0.3 is 5.97 Å². The zero-order valence-electron chi connectivity index (χ0n) is 17.9. The summed E-state index contributed by atoms with van der Waals surface area (Å²) in [7, 11) is 0. The molecule has 0 bridgehead atoms. The van der Waals surface area contributed by atoms with Crippen LogP contribution >= 0.6 is 35.6 Å². The highest BCUT2D eigenvalue weighted by atomic mass is 35.5. The number of carbonyl (C=O) groups is 3. The van der Waals surface area contributed by atoms with Crippen molar-refractivity contribution in [1.82, 2.24) is 10.4 Å². The first-order valence-corrected chi connectivity index (χ1v) is 11.5. The molecule has 2 N–H and O–H groups in total. The first-order valence-electron chi connectivity index (χ1n) is 9.93. The summed E-state index contributed by atoms with van der Waals surface area (Å²) < 4.78 is 6.02. The minimum absolute atomic E-state index is 0.166. The van der Waals surface area contributed by atoms with E-state index in [2.05, 4.69) is 5.43 Å². The zero-order valence-corrected chi connectivity index (χ0v) is 20.3. The number of thioether (sulfide) groups is 1. The summed E-state index contributed by atoms with van der Waals surface area (Å²) in [4.78, 5) is 36.9. The number of hydrogen-bond donors (Lipinski definition) is 2. The molecule has 2 heterocycles. The molecule has 0 aliphatic carbocycles. The molecular formula is C24H17ClN2O5S2. The van der Waals surface area contributed by atoms with Crippen molar-refractivity contribution in [1.29, 1.82) is 0 Å². The van der Waals surface area contributed by atoms with Crippen molar-refractivity contribution in [3.8, 4) is 11.3 Å². The standard InChI is InChI=1S/C24H17ClN2O5S2/c1-12-3-6-17(18(25)9-12)21(28)26-27-22(29)20(34-24(27)33)11-15-5-8-19(32-15)16-7-4-14(23(30)31)10-13(16)2/h3-11H,1-2H3,(H,26,28)(H,30,31)/b20-11-. The second kappa shape index (κ2) is 9.46. The minimum atomic E-state index is -1.01. The average Bonchev–Trinajstić information content (AvgIpc) is 3.33. The van der Waals surface area contributed by atoms with Crippen LogP contribution in [0.4, 0.5) is 0 Å². The SMILES string of the molecule is Cc1ccc(C(=O)NN2C(=O)/C(=C/c3ccc(-c4ccc(C(=O)O)cc4C)o3)SC2=S)c(Cl)c1. The predicted octanol–water partition coefficient (Wildman–Crippen LogP) is 5.46. The summed E-state index contributed by atoms with van der Waals surface area (Å²) in [6.07, 6.45) is 1.54. The van der Waals surface area contributed by atoms with Gasteiger partial charge in [0.15, 0.2) is 4.32 Å². The summed E-state index contributed by atoms with van der Waals surface area (Å²) in [5.74, 6) is -1.12. The van der Waals surface area contributed by atoms with Gasteiger partial charge in [-0.3, -0.25) is 15.0 Å². The van der Waals surface area contributed by atoms with Gasteiger partial charge in [0, 0.05) is 11.6 Å². The Balaban J connectivity index is 1.52. The lowest BCUT2D eigenvalue weighted by molar-refractivity contribution is -0.123. The largest absolute Gasteiger partial charge is 0.478 e. The summed E-state index contributed by atoms with van der Waals surface area (Å²) in [6.45, 7) is 3.64. The van der Waals surface area contributed by atoms with Crippen LogP contribution in [0.5, 0.6) is 0 Å². The number of nitrogens with one attached hydrogen (secondary N) is 1. The van der Waals surface area contributed by atoms with Crippen LogP contribution in [0.2, 0.25) is 5.02 Å². The maximum absolute atomic E-state index is 12.9. The van der Waals surface area contributed by atoms with Crippen molar-refractivity contribution in [3.05, 3.63) is 86.5 Å². The van der Waals surface area contributed by atoms with Gasteiger partial charge in [-0.1, -0.05) is 35.5 Å². The number of aryl methyl sites for hydroxylation is 2. The second-order valence-electron chi connectivity index (χ2n) is 7.48. The molecule has 34 heavy (non-hydrogen) atoms. The van der Waals surface area contributed by atoms with E-state index in [-0.39, 0.29) is 25.4 Å². The van der Waals surface area contributed by atoms with Crippen LogP contribution in [-0.4, -0.2) is 32.2 Å². The molecule has 1 aliphatic heterocycles. The van der Waals surface area contributed by atoms with Crippen molar-refractivity contribution in [2.45, 2.75) is 13.8 Å². The number of thiocarbonyl (C=S) groups is 1. The molecule has 4 rings (SSSR count). The number of furan rings is 1. The summed E-state index contributed by atoms with van der Waals surface area (Å²) in [6, 6.07) is 13.1. The van der Waals surface area contributed by atoms with E-state index in [9.17, 15) is 14.4 Å². The van der Waals surface area contributed by atoms with Crippen LogP contribution in [-0.2, 0) is 4.79 Å². The van der Waals surface area contributed by atoms with Crippen LogP contribution in [0, 0.1) is 13.8 Å². The van der Waals surface area contributed by atoms with E-state index < -0.39 is 17.8 Å². The molecule has 0 unspecified atom stereocenters. The number of rotatable bonds is 5. The second-order valence-corrected chi connectivity index (χ2v) is 9.56. The summed E-state index contributed by atoms with van der Waals surface area (Å²) in [5, 5.41) is 10.4. The fourth-order valence-corrected chi connectivity index (χ4v) is 4.79. The molecule has 1 fully saturated rings. The predicted molar refractivity (Wildman–Crippen MR) is 135 cm³/mol. The van der Waals surface area contributed by atoms with Crippen LogP contribution in [0.1, 0.15) is 37.6 Å². The molecule has 0 atom stereocenters. The Kier molecular flexibility index (Phi) is 6.60. The Morgan fingerprint density at radius 1 is 1.15 bits per heavy atom. The lowest BCUT2D eigenvalue weighted by Gasteiger charge is -2.16. The molecule has 3 aromatic rings. The van der Waals surface area contributed by atoms with E-state index in [1.54, 1.807) is 49.4 Å². The number of hydrazine groups is 1. The smallest absolute Gasteiger partial charge is 0.335 e. The van der Waals surface area contributed by atoms with Crippen LogP contribution in [0.25, 0.3) is 17.4 Å². The number of carbonyl (C=O) groups excluding carboxylic acids is 2. The molecule has 0 saturated carbocycles. The third-order valence-corrected chi connectivity index (χ3v) is 6.63. The molecule has 2 aromatic carbocycles. The van der Waals surface area contributed by atoms with Gasteiger partial charge in [-0.25, -0.2) is 4.79 Å². The molecule has 7 nitrogen and oxygen atoms in total. The molecule has 1 saturated heterocycles. The topological polar surface area (TPSA) is 99.9 Å². The number of hydrogen-bond acceptors (Lipinski definition) is 6. The lowest BCUT2D eigenvalue weighted by atomic mass is 10.0. The number of benzene rings is 2. The van der Waals surface area contributed by atoms with Crippen LogP contribution < -0.4 is 5.43 Å². The molecule has 1 aromatic heterocycles. The molecular weight excluding hydrogens is 496 g/mol. The van der Waals surface area contributed by atoms with E-state index in [1.807, 2.05) is 6.92 Å². The molecule has 10 heteroatoms. The van der Waals surface area contributed by atoms with Crippen LogP contribution in [0.15, 0.2) is 57.9 Å². The van der Waals surface area contributed by atoms with Gasteiger partial charge < -0.3 is 9.52 Å². The summed E-state index contributed by atoms with van der Waals surface area (Å²) in [5.41, 5.74) is 5.30. The van der Waals surface area contributed by atoms with Gasteiger partial charge in [-0.2, -0.15) is 5.01 Å². The lowest BCUT2D eigenvalue weighted by Crippen LogP contribution is -2.44. The monoisotopic (exact) mass is 512 g/mol. The van der Waals surface area contributed by atoms with E-state index >= 15 is 0 Å². The Morgan fingerprint density at radius 3 is 2.59 bits per heavy atom. The fraction of sp³-hybridized carbons (Fsp3) is 0.0833. The molecule has 2 amide bonds. The molecule has 0 radical (unpaired) electrons. The number of nitrogens with zero attached hydrogens (tertiary/aromatic N) is 1. The molecule has 0 spiro atoms. The number of carboxylic acids is 1. The maximum atomic E-state index is 12.9. The zero-order chi connectivity index (χ0) is 24.6. The first-order chi connectivity index (χ1) is 16.1. The third kappa shape index (κ3) is 4.77. The Morgan fingerprint density at radius 2 is 1.91 bits per heavy atom. The minimum Gasteiger partial charge on any atom is -0.478 e. The van der Waals surface area contributed by atoms with Crippen molar-refractivity contribution in [3.63, 3.8) is 0 Å². The van der Waals surface area contributed by atoms with Gasteiger partial charge in [-0.05, 0) is 73.6 Å². The molecule has 1 aliphatic rings. The fourth-order valence-electron chi connectivity index (χ4n) is 3.31. The Bertz CT molecular complexity index is 1400. The van der Waals surface area contributed by atoms with E-state index in [0.717, 1.165) is 33.5 Å². The van der Waals surface area contributed by atoms with Gasteiger partial charge in [0.1, 0.15) is 11.5 Å². The van der Waals surface area contributed by atoms with Gasteiger partial charge in [0.05, 0.1) is 21.1 Å². The van der Waals surface area contributed by atoms with E-state index in [1.165, 1.54) is 12.1 Å². The number of amides is 2. The number of aromatic carboxylic acids is 1. The summed E-state index contributed by atoms with van der Waals surface area (Å²) >= 11 is 12.4. The first kappa shape index (κ1) is 23.7. The van der Waals surface area contributed by atoms with Crippen molar-refractivity contribution < 1.29 is 23.9 Å². The highest BCUT2D eigenvalue weighted by molar-refractivity contribution is 8.26. The average molecular weight is 513 g/mol. The van der Waals surface area contributed by atoms with Crippen molar-refractivity contribution >= 4 is 63.8 Å². The third-order valence-electron chi connectivity index (χ3n) is 5.02. The van der Waals surface area contributed by atoms with Gasteiger partial charge in [0.2, 0.25) is 0 Å². The van der Waals surface area contributed by atoms with E-state index in [4.69, 9.17) is 33.3 Å². The van der Waals surface area contributed by atoms with Gasteiger partial charge in [-0.15, -0.1) is 0 Å². The quantitative estimate of drug-likeness (QED) is 0.346. The van der Waals surface area contributed by atoms with Gasteiger partial charge in [0.25, 0.3) is 11.8 Å². The number of halogens is 1.